The third-order valence-corrected chi connectivity index (χ3v) is 8.83. The molecule has 1 N–H and O–H groups in total. The predicted molar refractivity (Wildman–Crippen MR) is 91.9 cm³/mol. The molecule has 4 rings (SSSR count). The van der Waals surface area contributed by atoms with Gasteiger partial charge >= 0.3 is 0 Å². The van der Waals surface area contributed by atoms with Crippen LogP contribution in [0.5, 0.6) is 0 Å². The molecule has 0 radical (unpaired) electrons. The normalized spacial score (nSPS) is 55.7. The zero-order valence-electron chi connectivity index (χ0n) is 15.2. The average molecular weight is 316 g/mol. The average Bonchev–Trinajstić information content (AvgIpc) is 2.71. The summed E-state index contributed by atoms with van der Waals surface area (Å²) >= 11 is 0. The van der Waals surface area contributed by atoms with Crippen molar-refractivity contribution in [2.75, 3.05) is 0 Å². The maximum absolute atomic E-state index is 12.2. The summed E-state index contributed by atoms with van der Waals surface area (Å²) in [6, 6.07) is 0. The molecule has 0 heterocycles. The molecular weight excluding hydrogens is 284 g/mol. The van der Waals surface area contributed by atoms with Crippen molar-refractivity contribution < 1.29 is 9.90 Å². The molecule has 128 valence electrons. The molecule has 0 aromatic rings. The van der Waals surface area contributed by atoms with Gasteiger partial charge in [-0.3, -0.25) is 4.79 Å². The molecule has 0 aliphatic heterocycles. The SMILES string of the molecule is C[C@@H]1C[C@]2(C)C(=CC1=O)CC[C@H]1[C@H]3CC[C@](C)(O)[C@@]3(C)CC[C@@H]12. The Bertz CT molecular complexity index is 574. The van der Waals surface area contributed by atoms with Crippen LogP contribution in [0.1, 0.15) is 72.6 Å². The highest BCUT2D eigenvalue weighted by Gasteiger charge is 2.62. The number of hydrogen-bond acceptors (Lipinski definition) is 2. The van der Waals surface area contributed by atoms with E-state index >= 15 is 0 Å². The lowest BCUT2D eigenvalue weighted by Gasteiger charge is -2.59. The monoisotopic (exact) mass is 316 g/mol. The minimum Gasteiger partial charge on any atom is -0.390 e. The third-order valence-electron chi connectivity index (χ3n) is 8.83. The first kappa shape index (κ1) is 15.9. The Balaban J connectivity index is 1.70. The standard InChI is InChI=1S/C21H32O2/c1-13-12-19(2)14(11-18(13)22)5-6-15-16(19)7-9-20(3)17(15)8-10-21(20,4)23/h11,13,15-17,23H,5-10,12H2,1-4H3/t13-,15-,16+,17-,19-,20+,21+/m1/s1. The van der Waals surface area contributed by atoms with Crippen molar-refractivity contribution in [3.8, 4) is 0 Å². The lowest BCUT2D eigenvalue weighted by atomic mass is 9.46. The predicted octanol–water partition coefficient (Wildman–Crippen LogP) is 4.52. The number of hydrogen-bond donors (Lipinski definition) is 1. The molecule has 4 aliphatic rings. The molecule has 0 bridgehead atoms. The van der Waals surface area contributed by atoms with Crippen molar-refractivity contribution in [3.63, 3.8) is 0 Å². The fourth-order valence-corrected chi connectivity index (χ4v) is 7.14. The molecule has 7 atom stereocenters. The second-order valence-corrected chi connectivity index (χ2v) is 9.78. The zero-order chi connectivity index (χ0) is 16.6. The van der Waals surface area contributed by atoms with Gasteiger partial charge in [0, 0.05) is 5.92 Å². The molecule has 0 amide bonds. The van der Waals surface area contributed by atoms with Crippen LogP contribution in [0.15, 0.2) is 11.6 Å². The van der Waals surface area contributed by atoms with Crippen LogP contribution in [0, 0.1) is 34.5 Å². The quantitative estimate of drug-likeness (QED) is 0.713. The molecule has 3 fully saturated rings. The Morgan fingerprint density at radius 3 is 2.52 bits per heavy atom. The van der Waals surface area contributed by atoms with Crippen LogP contribution in [0.4, 0.5) is 0 Å². The Labute approximate surface area is 140 Å². The van der Waals surface area contributed by atoms with E-state index in [2.05, 4.69) is 27.7 Å². The van der Waals surface area contributed by atoms with Gasteiger partial charge in [0.15, 0.2) is 5.78 Å². The first-order valence-corrected chi connectivity index (χ1v) is 9.66. The lowest BCUT2D eigenvalue weighted by molar-refractivity contribution is -0.128. The van der Waals surface area contributed by atoms with Gasteiger partial charge in [-0.1, -0.05) is 26.3 Å². The van der Waals surface area contributed by atoms with E-state index in [1.807, 2.05) is 6.08 Å². The molecule has 3 saturated carbocycles. The summed E-state index contributed by atoms with van der Waals surface area (Å²) in [5.41, 5.74) is 1.28. The van der Waals surface area contributed by atoms with Crippen LogP contribution in [-0.2, 0) is 4.79 Å². The second-order valence-electron chi connectivity index (χ2n) is 9.78. The van der Waals surface area contributed by atoms with Crippen LogP contribution in [-0.4, -0.2) is 16.5 Å². The van der Waals surface area contributed by atoms with E-state index in [0.29, 0.717) is 17.6 Å². The van der Waals surface area contributed by atoms with Crippen LogP contribution >= 0.6 is 0 Å². The fraction of sp³-hybridized carbons (Fsp3) is 0.857. The van der Waals surface area contributed by atoms with Crippen molar-refractivity contribution in [3.05, 3.63) is 11.6 Å². The molecule has 23 heavy (non-hydrogen) atoms. The lowest BCUT2D eigenvalue weighted by Crippen LogP contribution is -2.54. The Hall–Kier alpha value is -0.630. The highest BCUT2D eigenvalue weighted by Crippen LogP contribution is 2.67. The van der Waals surface area contributed by atoms with Gasteiger partial charge < -0.3 is 5.11 Å². The smallest absolute Gasteiger partial charge is 0.158 e. The molecule has 0 spiro atoms. The number of carbonyl (C=O) groups is 1. The summed E-state index contributed by atoms with van der Waals surface area (Å²) in [5.74, 6) is 2.65. The number of aliphatic hydroxyl groups is 1. The summed E-state index contributed by atoms with van der Waals surface area (Å²) in [6.07, 6.45) is 9.90. The van der Waals surface area contributed by atoms with Crippen LogP contribution in [0.25, 0.3) is 0 Å². The highest BCUT2D eigenvalue weighted by molar-refractivity contribution is 5.93. The van der Waals surface area contributed by atoms with Crippen LogP contribution in [0.2, 0.25) is 0 Å². The molecule has 0 unspecified atom stereocenters. The van der Waals surface area contributed by atoms with Crippen LogP contribution < -0.4 is 0 Å². The summed E-state index contributed by atoms with van der Waals surface area (Å²) in [4.78, 5) is 12.2. The number of fused-ring (bicyclic) bond motifs is 5. The summed E-state index contributed by atoms with van der Waals surface area (Å²) < 4.78 is 0. The van der Waals surface area contributed by atoms with E-state index in [4.69, 9.17) is 0 Å². The topological polar surface area (TPSA) is 37.3 Å². The van der Waals surface area contributed by atoms with E-state index in [-0.39, 0.29) is 16.7 Å². The first-order chi connectivity index (χ1) is 10.7. The molecule has 0 aromatic heterocycles. The van der Waals surface area contributed by atoms with Gasteiger partial charge in [0.05, 0.1) is 5.60 Å². The second kappa shape index (κ2) is 4.71. The minimum absolute atomic E-state index is 0.0991. The van der Waals surface area contributed by atoms with E-state index in [9.17, 15) is 9.90 Å². The van der Waals surface area contributed by atoms with E-state index in [1.54, 1.807) is 0 Å². The zero-order valence-corrected chi connectivity index (χ0v) is 15.2. The van der Waals surface area contributed by atoms with Crippen molar-refractivity contribution in [1.82, 2.24) is 0 Å². The maximum Gasteiger partial charge on any atom is 0.158 e. The van der Waals surface area contributed by atoms with Gasteiger partial charge in [0.25, 0.3) is 0 Å². The maximum atomic E-state index is 12.2. The summed E-state index contributed by atoms with van der Waals surface area (Å²) in [6.45, 7) is 8.97. The molecule has 4 aliphatic carbocycles. The molecular formula is C21H32O2. The van der Waals surface area contributed by atoms with Gasteiger partial charge in [-0.05, 0) is 86.5 Å². The molecule has 0 saturated heterocycles. The fourth-order valence-electron chi connectivity index (χ4n) is 7.14. The van der Waals surface area contributed by atoms with E-state index in [0.717, 1.165) is 31.6 Å². The Morgan fingerprint density at radius 2 is 1.78 bits per heavy atom. The summed E-state index contributed by atoms with van der Waals surface area (Å²) in [5, 5.41) is 11.0. The first-order valence-electron chi connectivity index (χ1n) is 9.66. The number of carbonyl (C=O) groups excluding carboxylic acids is 1. The molecule has 0 aromatic carbocycles. The van der Waals surface area contributed by atoms with Gasteiger partial charge in [-0.2, -0.15) is 0 Å². The summed E-state index contributed by atoms with van der Waals surface area (Å²) in [7, 11) is 0. The largest absolute Gasteiger partial charge is 0.390 e. The van der Waals surface area contributed by atoms with Crippen LogP contribution in [0.3, 0.4) is 0 Å². The Morgan fingerprint density at radius 1 is 1.09 bits per heavy atom. The Kier molecular flexibility index (Phi) is 3.25. The highest BCUT2D eigenvalue weighted by atomic mass is 16.3. The van der Waals surface area contributed by atoms with Gasteiger partial charge in [-0.25, -0.2) is 0 Å². The minimum atomic E-state index is -0.491. The van der Waals surface area contributed by atoms with Crippen molar-refractivity contribution in [1.29, 1.82) is 0 Å². The number of allylic oxidation sites excluding steroid dienone is 1. The van der Waals surface area contributed by atoms with Crippen molar-refractivity contribution in [2.45, 2.75) is 78.2 Å². The molecule has 2 heteroatoms. The third kappa shape index (κ3) is 1.94. The van der Waals surface area contributed by atoms with Crippen molar-refractivity contribution in [2.24, 2.45) is 34.5 Å². The van der Waals surface area contributed by atoms with Gasteiger partial charge in [-0.15, -0.1) is 0 Å². The number of rotatable bonds is 0. The van der Waals surface area contributed by atoms with Gasteiger partial charge in [0.1, 0.15) is 0 Å². The number of ketones is 1. The van der Waals surface area contributed by atoms with E-state index in [1.165, 1.54) is 24.8 Å². The van der Waals surface area contributed by atoms with Gasteiger partial charge in [0.2, 0.25) is 0 Å². The van der Waals surface area contributed by atoms with E-state index < -0.39 is 5.60 Å². The molecule has 2 nitrogen and oxygen atoms in total. The van der Waals surface area contributed by atoms with Crippen molar-refractivity contribution >= 4 is 5.78 Å².